The van der Waals surface area contributed by atoms with Gasteiger partial charge in [-0.25, -0.2) is 0 Å². The van der Waals surface area contributed by atoms with E-state index in [2.05, 4.69) is 0 Å². The highest BCUT2D eigenvalue weighted by atomic mass is 16.5. The number of allylic oxidation sites excluding steroid dienone is 1. The molecule has 5 heteroatoms. The minimum Gasteiger partial charge on any atom is -0.493 e. The molecule has 0 spiro atoms. The Hall–Kier alpha value is -3.39. The van der Waals surface area contributed by atoms with Crippen LogP contribution in [-0.2, 0) is 0 Å². The lowest BCUT2D eigenvalue weighted by Gasteiger charge is -2.09. The van der Waals surface area contributed by atoms with Gasteiger partial charge in [0.05, 0.1) is 12.7 Å². The monoisotopic (exact) mass is 319 g/mol. The third-order valence-electron chi connectivity index (χ3n) is 3.70. The van der Waals surface area contributed by atoms with E-state index in [1.54, 1.807) is 48.5 Å². The fraction of sp³-hybridized carbons (Fsp3) is 0.105. The lowest BCUT2D eigenvalue weighted by molar-refractivity contribution is 0.0990. The van der Waals surface area contributed by atoms with E-state index in [1.807, 2.05) is 6.07 Å². The number of carbonyl (C=O) groups is 2. The number of nitrogens with zero attached hydrogens (tertiary/aromatic N) is 1. The molecule has 2 aromatic rings. The van der Waals surface area contributed by atoms with Crippen LogP contribution in [0.1, 0.15) is 26.3 Å². The summed E-state index contributed by atoms with van der Waals surface area (Å²) in [5.41, 5.74) is 1.62. The third kappa shape index (κ3) is 2.66. The van der Waals surface area contributed by atoms with E-state index < -0.39 is 0 Å². The van der Waals surface area contributed by atoms with Gasteiger partial charge in [-0.1, -0.05) is 30.3 Å². The molecule has 3 rings (SSSR count). The Balaban J connectivity index is 1.97. The molecular weight excluding hydrogens is 306 g/mol. The van der Waals surface area contributed by atoms with E-state index >= 15 is 0 Å². The molecular formula is C19H13NO4. The smallest absolute Gasteiger partial charge is 0.197 e. The van der Waals surface area contributed by atoms with E-state index in [-0.39, 0.29) is 23.7 Å². The topological polar surface area (TPSA) is 76.4 Å². The molecule has 0 atom stereocenters. The van der Waals surface area contributed by atoms with Gasteiger partial charge in [0.1, 0.15) is 6.07 Å². The molecule has 0 aliphatic heterocycles. The van der Waals surface area contributed by atoms with Gasteiger partial charge < -0.3 is 9.47 Å². The molecule has 0 bridgehead atoms. The van der Waals surface area contributed by atoms with Gasteiger partial charge >= 0.3 is 0 Å². The maximum absolute atomic E-state index is 12.4. The molecule has 5 nitrogen and oxygen atoms in total. The molecule has 118 valence electrons. The van der Waals surface area contributed by atoms with Crippen molar-refractivity contribution in [2.75, 3.05) is 13.7 Å². The zero-order valence-electron chi connectivity index (χ0n) is 12.9. The minimum atomic E-state index is -0.278. The quantitative estimate of drug-likeness (QED) is 0.639. The Morgan fingerprint density at radius 1 is 1.04 bits per heavy atom. The lowest BCUT2D eigenvalue weighted by Crippen LogP contribution is -2.01. The second-order valence-electron chi connectivity index (χ2n) is 5.12. The van der Waals surface area contributed by atoms with Crippen LogP contribution in [0, 0.1) is 11.3 Å². The Kier molecular flexibility index (Phi) is 4.13. The molecule has 0 radical (unpaired) electrons. The molecule has 0 heterocycles. The Morgan fingerprint density at radius 2 is 1.71 bits per heavy atom. The van der Waals surface area contributed by atoms with Gasteiger partial charge in [0.25, 0.3) is 0 Å². The lowest BCUT2D eigenvalue weighted by atomic mass is 10.1. The third-order valence-corrected chi connectivity index (χ3v) is 3.70. The highest BCUT2D eigenvalue weighted by Crippen LogP contribution is 2.31. The van der Waals surface area contributed by atoms with Crippen molar-refractivity contribution in [2.24, 2.45) is 0 Å². The van der Waals surface area contributed by atoms with Crippen LogP contribution in [0.25, 0.3) is 6.08 Å². The summed E-state index contributed by atoms with van der Waals surface area (Å²) in [5, 5.41) is 8.58. The molecule has 0 fully saturated rings. The molecule has 0 saturated carbocycles. The van der Waals surface area contributed by atoms with Crippen molar-refractivity contribution in [3.8, 4) is 17.6 Å². The molecule has 0 saturated heterocycles. The minimum absolute atomic E-state index is 0.0942. The van der Waals surface area contributed by atoms with Crippen molar-refractivity contribution in [1.29, 1.82) is 5.26 Å². The summed E-state index contributed by atoms with van der Waals surface area (Å²) < 4.78 is 10.5. The Bertz CT molecular complexity index is 869. The highest BCUT2D eigenvalue weighted by Gasteiger charge is 2.32. The summed E-state index contributed by atoms with van der Waals surface area (Å²) in [7, 11) is 1.48. The molecule has 1 aliphatic rings. The number of fused-ring (bicyclic) bond motifs is 1. The fourth-order valence-corrected chi connectivity index (χ4v) is 2.57. The van der Waals surface area contributed by atoms with Crippen LogP contribution in [-0.4, -0.2) is 25.3 Å². The van der Waals surface area contributed by atoms with Crippen molar-refractivity contribution in [2.45, 2.75) is 0 Å². The van der Waals surface area contributed by atoms with E-state index in [9.17, 15) is 9.59 Å². The van der Waals surface area contributed by atoms with E-state index in [4.69, 9.17) is 14.7 Å². The molecule has 0 aromatic heterocycles. The first-order valence-corrected chi connectivity index (χ1v) is 7.23. The van der Waals surface area contributed by atoms with Gasteiger partial charge in [0.15, 0.2) is 29.7 Å². The van der Waals surface area contributed by atoms with E-state index in [0.29, 0.717) is 28.2 Å². The Morgan fingerprint density at radius 3 is 2.29 bits per heavy atom. The number of ether oxygens (including phenoxy) is 2. The van der Waals surface area contributed by atoms with Crippen LogP contribution in [0.15, 0.2) is 48.0 Å². The first kappa shape index (κ1) is 15.5. The first-order valence-electron chi connectivity index (χ1n) is 7.23. The number of carbonyl (C=O) groups excluding carboxylic acids is 2. The number of methoxy groups -OCH3 is 1. The van der Waals surface area contributed by atoms with Crippen LogP contribution in [0.2, 0.25) is 0 Å². The van der Waals surface area contributed by atoms with Gasteiger partial charge in [-0.2, -0.15) is 5.26 Å². The van der Waals surface area contributed by atoms with Gasteiger partial charge in [0.2, 0.25) is 0 Å². The maximum Gasteiger partial charge on any atom is 0.197 e. The van der Waals surface area contributed by atoms with Gasteiger partial charge in [-0.15, -0.1) is 0 Å². The van der Waals surface area contributed by atoms with Crippen LogP contribution in [0.5, 0.6) is 11.5 Å². The molecule has 2 aromatic carbocycles. The molecule has 0 amide bonds. The number of hydrogen-bond donors (Lipinski definition) is 0. The largest absolute Gasteiger partial charge is 0.493 e. The summed E-state index contributed by atoms with van der Waals surface area (Å²) in [5.74, 6) is 0.294. The molecule has 0 unspecified atom stereocenters. The van der Waals surface area contributed by atoms with Crippen molar-refractivity contribution in [3.63, 3.8) is 0 Å². The zero-order chi connectivity index (χ0) is 17.1. The second-order valence-corrected chi connectivity index (χ2v) is 5.12. The van der Waals surface area contributed by atoms with Crippen LogP contribution < -0.4 is 9.47 Å². The summed E-state index contributed by atoms with van der Waals surface area (Å²) in [6.07, 6.45) is 1.54. The number of nitriles is 1. The summed E-state index contributed by atoms with van der Waals surface area (Å²) in [4.78, 5) is 24.8. The zero-order valence-corrected chi connectivity index (χ0v) is 12.9. The average molecular weight is 319 g/mol. The molecule has 24 heavy (non-hydrogen) atoms. The van der Waals surface area contributed by atoms with Gasteiger partial charge in [0, 0.05) is 11.1 Å². The van der Waals surface area contributed by atoms with Gasteiger partial charge in [-0.3, -0.25) is 9.59 Å². The van der Waals surface area contributed by atoms with Crippen molar-refractivity contribution in [3.05, 3.63) is 64.7 Å². The predicted octanol–water partition coefficient (Wildman–Crippen LogP) is 3.06. The van der Waals surface area contributed by atoms with E-state index in [0.717, 1.165) is 0 Å². The number of rotatable bonds is 4. The molecule has 0 N–H and O–H groups in total. The second kappa shape index (κ2) is 6.39. The molecule has 1 aliphatic carbocycles. The maximum atomic E-state index is 12.4. The van der Waals surface area contributed by atoms with Crippen molar-refractivity contribution >= 4 is 17.6 Å². The SMILES string of the molecule is COc1cc(C=C2C(=O)c3ccccc3C2=O)ccc1OCC#N. The highest BCUT2D eigenvalue weighted by molar-refractivity contribution is 6.41. The summed E-state index contributed by atoms with van der Waals surface area (Å²) in [6.45, 7) is -0.0942. The van der Waals surface area contributed by atoms with Crippen LogP contribution in [0.4, 0.5) is 0 Å². The fourth-order valence-electron chi connectivity index (χ4n) is 2.57. The average Bonchev–Trinajstić information content (AvgIpc) is 2.86. The Labute approximate surface area is 138 Å². The van der Waals surface area contributed by atoms with E-state index in [1.165, 1.54) is 7.11 Å². The van der Waals surface area contributed by atoms with Gasteiger partial charge in [-0.05, 0) is 23.8 Å². The predicted molar refractivity (Wildman–Crippen MR) is 87.2 cm³/mol. The number of hydrogen-bond acceptors (Lipinski definition) is 5. The number of ketones is 2. The van der Waals surface area contributed by atoms with Crippen LogP contribution >= 0.6 is 0 Å². The number of benzene rings is 2. The standard InChI is InChI=1S/C19H13NO4/c1-23-17-11-12(6-7-16(17)24-9-8-20)10-15-18(21)13-4-2-3-5-14(13)19(15)22/h2-7,10-11H,9H2,1H3. The van der Waals surface area contributed by atoms with Crippen LogP contribution in [0.3, 0.4) is 0 Å². The summed E-state index contributed by atoms with van der Waals surface area (Å²) in [6, 6.07) is 13.6. The summed E-state index contributed by atoms with van der Waals surface area (Å²) >= 11 is 0. The van der Waals surface area contributed by atoms with Crippen molar-refractivity contribution in [1.82, 2.24) is 0 Å². The first-order chi connectivity index (χ1) is 11.7. The normalized spacial score (nSPS) is 12.6. The number of Topliss-reactive ketones (excluding diaryl/α,β-unsaturated/α-hetero) is 2. The van der Waals surface area contributed by atoms with Crippen molar-refractivity contribution < 1.29 is 19.1 Å².